The van der Waals surface area contributed by atoms with E-state index in [0.717, 1.165) is 0 Å². The van der Waals surface area contributed by atoms with Gasteiger partial charge in [0.25, 0.3) is 0 Å². The third-order valence-electron chi connectivity index (χ3n) is 2.27. The van der Waals surface area contributed by atoms with E-state index in [1.165, 1.54) is 12.4 Å². The third-order valence-corrected chi connectivity index (χ3v) is 2.27. The van der Waals surface area contributed by atoms with E-state index in [9.17, 15) is 4.79 Å². The van der Waals surface area contributed by atoms with Crippen molar-refractivity contribution in [1.29, 1.82) is 0 Å². The van der Waals surface area contributed by atoms with Crippen molar-refractivity contribution >= 4 is 11.7 Å². The lowest BCUT2D eigenvalue weighted by molar-refractivity contribution is -0.118. The normalized spacial score (nSPS) is 24.1. The maximum absolute atomic E-state index is 11.7. The standard InChI is InChI=1S/C10H12N4O/c11-8-2-1-7(5-8)10(15)14-9-6-12-3-4-13-9/h1-4,6-8H,5,11H2,(H,13,14,15). The van der Waals surface area contributed by atoms with E-state index < -0.39 is 0 Å². The molecule has 0 bridgehead atoms. The molecule has 1 aromatic rings. The van der Waals surface area contributed by atoms with Gasteiger partial charge in [-0.1, -0.05) is 12.2 Å². The fourth-order valence-corrected chi connectivity index (χ4v) is 1.50. The van der Waals surface area contributed by atoms with E-state index in [1.54, 1.807) is 6.20 Å². The maximum Gasteiger partial charge on any atom is 0.232 e. The van der Waals surface area contributed by atoms with Gasteiger partial charge in [-0.05, 0) is 6.42 Å². The zero-order valence-electron chi connectivity index (χ0n) is 8.13. The minimum Gasteiger partial charge on any atom is -0.324 e. The molecule has 1 heterocycles. The van der Waals surface area contributed by atoms with Gasteiger partial charge in [-0.15, -0.1) is 0 Å². The zero-order chi connectivity index (χ0) is 10.7. The van der Waals surface area contributed by atoms with Gasteiger partial charge in [0.1, 0.15) is 0 Å². The van der Waals surface area contributed by atoms with Crippen LogP contribution in [0.1, 0.15) is 6.42 Å². The molecule has 78 valence electrons. The molecule has 0 radical (unpaired) electrons. The van der Waals surface area contributed by atoms with Gasteiger partial charge < -0.3 is 11.1 Å². The highest BCUT2D eigenvalue weighted by Crippen LogP contribution is 2.17. The summed E-state index contributed by atoms with van der Waals surface area (Å²) in [4.78, 5) is 19.5. The van der Waals surface area contributed by atoms with Gasteiger partial charge in [0, 0.05) is 18.4 Å². The van der Waals surface area contributed by atoms with Crippen molar-refractivity contribution in [3.05, 3.63) is 30.7 Å². The molecule has 2 unspecified atom stereocenters. The summed E-state index contributed by atoms with van der Waals surface area (Å²) in [5.74, 6) is 0.234. The maximum atomic E-state index is 11.7. The van der Waals surface area contributed by atoms with Crippen LogP contribution >= 0.6 is 0 Å². The number of anilines is 1. The molecule has 15 heavy (non-hydrogen) atoms. The van der Waals surface area contributed by atoms with Crippen molar-refractivity contribution in [3.8, 4) is 0 Å². The number of rotatable bonds is 2. The smallest absolute Gasteiger partial charge is 0.232 e. The number of nitrogens with two attached hydrogens (primary N) is 1. The summed E-state index contributed by atoms with van der Waals surface area (Å²) >= 11 is 0. The quantitative estimate of drug-likeness (QED) is 0.680. The Hall–Kier alpha value is -1.75. The molecule has 0 aromatic carbocycles. The minimum absolute atomic E-state index is 0.0115. The zero-order valence-corrected chi connectivity index (χ0v) is 8.13. The van der Waals surface area contributed by atoms with Crippen LogP contribution in [0.4, 0.5) is 5.82 Å². The molecule has 2 rings (SSSR count). The molecule has 0 saturated carbocycles. The summed E-state index contributed by atoms with van der Waals surface area (Å²) in [5.41, 5.74) is 5.66. The van der Waals surface area contributed by atoms with Crippen LogP contribution in [-0.2, 0) is 4.79 Å². The number of nitrogens with one attached hydrogen (secondary N) is 1. The molecule has 0 spiro atoms. The molecule has 5 heteroatoms. The predicted octanol–water partition coefficient (Wildman–Crippen LogP) is 0.318. The van der Waals surface area contributed by atoms with Crippen LogP contribution < -0.4 is 11.1 Å². The Morgan fingerprint density at radius 2 is 2.33 bits per heavy atom. The van der Waals surface area contributed by atoms with Crippen molar-refractivity contribution in [2.45, 2.75) is 12.5 Å². The topological polar surface area (TPSA) is 80.9 Å². The van der Waals surface area contributed by atoms with Crippen LogP contribution in [-0.4, -0.2) is 21.9 Å². The lowest BCUT2D eigenvalue weighted by atomic mass is 10.1. The van der Waals surface area contributed by atoms with Gasteiger partial charge in [0.2, 0.25) is 5.91 Å². The van der Waals surface area contributed by atoms with E-state index in [1.807, 2.05) is 12.2 Å². The van der Waals surface area contributed by atoms with Crippen molar-refractivity contribution in [3.63, 3.8) is 0 Å². The first kappa shape index (κ1) is 9.79. The fraction of sp³-hybridized carbons (Fsp3) is 0.300. The Bertz CT molecular complexity index is 376. The van der Waals surface area contributed by atoms with Gasteiger partial charge in [-0.2, -0.15) is 0 Å². The summed E-state index contributed by atoms with van der Waals surface area (Å²) < 4.78 is 0. The molecule has 1 aliphatic rings. The molecule has 0 saturated heterocycles. The Morgan fingerprint density at radius 3 is 2.93 bits per heavy atom. The highest BCUT2D eigenvalue weighted by molar-refractivity contribution is 5.93. The molecular weight excluding hydrogens is 192 g/mol. The molecule has 1 aliphatic carbocycles. The Morgan fingerprint density at radius 1 is 1.47 bits per heavy atom. The average Bonchev–Trinajstić information content (AvgIpc) is 2.66. The highest BCUT2D eigenvalue weighted by Gasteiger charge is 2.22. The summed E-state index contributed by atoms with van der Waals surface area (Å²) in [5, 5.41) is 2.69. The van der Waals surface area contributed by atoms with Gasteiger partial charge in [0.05, 0.1) is 12.1 Å². The third kappa shape index (κ3) is 2.38. The van der Waals surface area contributed by atoms with Crippen LogP contribution in [0.2, 0.25) is 0 Å². The van der Waals surface area contributed by atoms with E-state index in [-0.39, 0.29) is 17.9 Å². The number of amides is 1. The number of nitrogens with zero attached hydrogens (tertiary/aromatic N) is 2. The molecular formula is C10H12N4O. The SMILES string of the molecule is NC1C=CC(C(=O)Nc2cnccn2)C1. The lowest BCUT2D eigenvalue weighted by Gasteiger charge is -2.09. The van der Waals surface area contributed by atoms with Crippen LogP contribution in [0.3, 0.4) is 0 Å². The largest absolute Gasteiger partial charge is 0.324 e. The molecule has 0 fully saturated rings. The molecule has 0 aliphatic heterocycles. The minimum atomic E-state index is -0.151. The number of hydrogen-bond donors (Lipinski definition) is 2. The number of carbonyl (C=O) groups excluding carboxylic acids is 1. The van der Waals surface area contributed by atoms with Crippen LogP contribution in [0.5, 0.6) is 0 Å². The number of carbonyl (C=O) groups is 1. The second-order valence-corrected chi connectivity index (χ2v) is 3.47. The molecule has 1 aromatic heterocycles. The summed E-state index contributed by atoms with van der Waals surface area (Å²) in [6, 6.07) is -0.0115. The predicted molar refractivity (Wildman–Crippen MR) is 55.9 cm³/mol. The van der Waals surface area contributed by atoms with Crippen molar-refractivity contribution in [2.24, 2.45) is 11.7 Å². The van der Waals surface area contributed by atoms with Crippen LogP contribution in [0.15, 0.2) is 30.7 Å². The van der Waals surface area contributed by atoms with Crippen molar-refractivity contribution in [2.75, 3.05) is 5.32 Å². The van der Waals surface area contributed by atoms with E-state index in [4.69, 9.17) is 5.73 Å². The van der Waals surface area contributed by atoms with Crippen LogP contribution in [0.25, 0.3) is 0 Å². The Labute approximate surface area is 87.4 Å². The summed E-state index contributed by atoms with van der Waals surface area (Å²) in [7, 11) is 0. The lowest BCUT2D eigenvalue weighted by Crippen LogP contribution is -2.24. The van der Waals surface area contributed by atoms with Crippen LogP contribution in [0, 0.1) is 5.92 Å². The molecule has 1 amide bonds. The van der Waals surface area contributed by atoms with Gasteiger partial charge in [-0.25, -0.2) is 4.98 Å². The first-order valence-electron chi connectivity index (χ1n) is 4.76. The summed E-state index contributed by atoms with van der Waals surface area (Å²) in [6.07, 6.45) is 8.94. The summed E-state index contributed by atoms with van der Waals surface area (Å²) in [6.45, 7) is 0. The first-order chi connectivity index (χ1) is 7.25. The van der Waals surface area contributed by atoms with Crippen molar-refractivity contribution in [1.82, 2.24) is 9.97 Å². The second kappa shape index (κ2) is 4.18. The highest BCUT2D eigenvalue weighted by atomic mass is 16.1. The molecule has 3 N–H and O–H groups in total. The van der Waals surface area contributed by atoms with E-state index >= 15 is 0 Å². The number of hydrogen-bond acceptors (Lipinski definition) is 4. The van der Waals surface area contributed by atoms with Gasteiger partial charge in [0.15, 0.2) is 5.82 Å². The average molecular weight is 204 g/mol. The second-order valence-electron chi connectivity index (χ2n) is 3.47. The fourth-order valence-electron chi connectivity index (χ4n) is 1.50. The Kier molecular flexibility index (Phi) is 2.73. The van der Waals surface area contributed by atoms with Crippen molar-refractivity contribution < 1.29 is 4.79 Å². The number of aromatic nitrogens is 2. The molecule has 2 atom stereocenters. The Balaban J connectivity index is 1.96. The molecule has 5 nitrogen and oxygen atoms in total. The monoisotopic (exact) mass is 204 g/mol. The first-order valence-corrected chi connectivity index (χ1v) is 4.76. The van der Waals surface area contributed by atoms with E-state index in [2.05, 4.69) is 15.3 Å². The van der Waals surface area contributed by atoms with Gasteiger partial charge >= 0.3 is 0 Å². The van der Waals surface area contributed by atoms with Gasteiger partial charge in [-0.3, -0.25) is 9.78 Å². The van der Waals surface area contributed by atoms with E-state index in [0.29, 0.717) is 12.2 Å².